The van der Waals surface area contributed by atoms with Gasteiger partial charge in [0.15, 0.2) is 18.1 Å². The number of anilines is 1. The van der Waals surface area contributed by atoms with E-state index in [0.29, 0.717) is 31.2 Å². The maximum atomic E-state index is 12.2. The fourth-order valence-electron chi connectivity index (χ4n) is 3.14. The maximum absolute atomic E-state index is 12.2. The Bertz CT molecular complexity index is 1080. The summed E-state index contributed by atoms with van der Waals surface area (Å²) in [6, 6.07) is 19.9. The molecule has 0 aliphatic heterocycles. The molecule has 7 nitrogen and oxygen atoms in total. The number of hydrogen-bond donors (Lipinski definition) is 3. The number of hydrogen-bond acceptors (Lipinski definition) is 5. The zero-order valence-electron chi connectivity index (χ0n) is 18.8. The van der Waals surface area contributed by atoms with E-state index in [1.165, 1.54) is 0 Å². The van der Waals surface area contributed by atoms with Crippen LogP contribution in [0.3, 0.4) is 0 Å². The number of nitrogens with one attached hydrogen (secondary N) is 2. The third-order valence-corrected chi connectivity index (χ3v) is 4.86. The van der Waals surface area contributed by atoms with Crippen LogP contribution in [0.25, 0.3) is 0 Å². The summed E-state index contributed by atoms with van der Waals surface area (Å²) in [7, 11) is 0. The van der Waals surface area contributed by atoms with Gasteiger partial charge in [-0.25, -0.2) is 4.79 Å². The number of aromatic carboxylic acids is 1. The van der Waals surface area contributed by atoms with Gasteiger partial charge in [0, 0.05) is 18.8 Å². The van der Waals surface area contributed by atoms with Crippen molar-refractivity contribution in [2.24, 2.45) is 0 Å². The number of rotatable bonds is 11. The quantitative estimate of drug-likeness (QED) is 0.402. The average Bonchev–Trinajstić information content (AvgIpc) is 2.80. The van der Waals surface area contributed by atoms with Crippen molar-refractivity contribution in [3.05, 3.63) is 89.0 Å². The van der Waals surface area contributed by atoms with Gasteiger partial charge in [-0.05, 0) is 61.4 Å². The van der Waals surface area contributed by atoms with Crippen LogP contribution in [0, 0.1) is 6.92 Å². The fraction of sp³-hybridized carbons (Fsp3) is 0.231. The molecule has 0 atom stereocenters. The highest BCUT2D eigenvalue weighted by atomic mass is 16.5. The lowest BCUT2D eigenvalue weighted by molar-refractivity contribution is -0.118. The van der Waals surface area contributed by atoms with Crippen LogP contribution in [0.5, 0.6) is 11.5 Å². The smallest absolute Gasteiger partial charge is 0.335 e. The highest BCUT2D eigenvalue weighted by Gasteiger charge is 2.10. The van der Waals surface area contributed by atoms with E-state index in [1.54, 1.807) is 30.3 Å². The number of carbonyl (C=O) groups excluding carboxylic acids is 1. The van der Waals surface area contributed by atoms with Gasteiger partial charge in [-0.3, -0.25) is 4.79 Å². The number of carboxylic acid groups (broad SMARTS) is 1. The zero-order chi connectivity index (χ0) is 23.6. The minimum Gasteiger partial charge on any atom is -0.490 e. The van der Waals surface area contributed by atoms with E-state index in [9.17, 15) is 9.59 Å². The average molecular weight is 449 g/mol. The minimum atomic E-state index is -0.937. The summed E-state index contributed by atoms with van der Waals surface area (Å²) >= 11 is 0. The van der Waals surface area contributed by atoms with Crippen molar-refractivity contribution in [3.63, 3.8) is 0 Å². The molecule has 0 aromatic heterocycles. The molecule has 0 heterocycles. The molecule has 0 aliphatic rings. The van der Waals surface area contributed by atoms with Gasteiger partial charge in [-0.2, -0.15) is 0 Å². The van der Waals surface area contributed by atoms with Crippen LogP contribution >= 0.6 is 0 Å². The second kappa shape index (κ2) is 11.7. The zero-order valence-corrected chi connectivity index (χ0v) is 18.8. The van der Waals surface area contributed by atoms with Crippen LogP contribution < -0.4 is 20.1 Å². The fourth-order valence-corrected chi connectivity index (χ4v) is 3.14. The largest absolute Gasteiger partial charge is 0.490 e. The Morgan fingerprint density at radius 1 is 0.848 bits per heavy atom. The molecule has 0 radical (unpaired) electrons. The van der Waals surface area contributed by atoms with E-state index >= 15 is 0 Å². The third kappa shape index (κ3) is 7.36. The molecule has 172 valence electrons. The molecule has 3 aromatic rings. The van der Waals surface area contributed by atoms with Gasteiger partial charge in [0.05, 0.1) is 12.2 Å². The van der Waals surface area contributed by atoms with Crippen molar-refractivity contribution in [2.45, 2.75) is 26.9 Å². The van der Waals surface area contributed by atoms with Crippen molar-refractivity contribution in [2.75, 3.05) is 18.5 Å². The van der Waals surface area contributed by atoms with Crippen LogP contribution in [0.2, 0.25) is 0 Å². The Balaban J connectivity index is 1.53. The highest BCUT2D eigenvalue weighted by molar-refractivity contribution is 5.91. The number of ether oxygens (including phenoxy) is 2. The van der Waals surface area contributed by atoms with Crippen LogP contribution in [0.1, 0.15) is 34.0 Å². The Kier molecular flexibility index (Phi) is 8.43. The van der Waals surface area contributed by atoms with Gasteiger partial charge in [-0.15, -0.1) is 0 Å². The standard InChI is InChI=1S/C26H28N2O5/c1-3-32-24-14-20(16-27-15-19-6-9-21(10-7-19)26(30)31)8-13-23(24)33-17-25(29)28-22-11-4-18(2)5-12-22/h4-14,27H,3,15-17H2,1-2H3,(H,28,29)(H,30,31). The molecule has 3 N–H and O–H groups in total. The van der Waals surface area contributed by atoms with E-state index < -0.39 is 5.97 Å². The van der Waals surface area contributed by atoms with Gasteiger partial charge in [0.1, 0.15) is 0 Å². The van der Waals surface area contributed by atoms with Gasteiger partial charge < -0.3 is 25.2 Å². The number of amides is 1. The molecule has 1 amide bonds. The first-order chi connectivity index (χ1) is 15.9. The Labute approximate surface area is 193 Å². The van der Waals surface area contributed by atoms with Crippen molar-refractivity contribution in [3.8, 4) is 11.5 Å². The second-order valence-electron chi connectivity index (χ2n) is 7.52. The number of benzene rings is 3. The molecule has 0 unspecified atom stereocenters. The lowest BCUT2D eigenvalue weighted by Gasteiger charge is -2.14. The normalized spacial score (nSPS) is 10.5. The Morgan fingerprint density at radius 3 is 2.18 bits per heavy atom. The summed E-state index contributed by atoms with van der Waals surface area (Å²) in [4.78, 5) is 23.2. The van der Waals surface area contributed by atoms with E-state index in [2.05, 4.69) is 10.6 Å². The molecule has 0 fully saturated rings. The van der Waals surface area contributed by atoms with Crippen molar-refractivity contribution >= 4 is 17.6 Å². The van der Waals surface area contributed by atoms with Crippen molar-refractivity contribution in [1.29, 1.82) is 0 Å². The van der Waals surface area contributed by atoms with Crippen LogP contribution in [0.4, 0.5) is 5.69 Å². The maximum Gasteiger partial charge on any atom is 0.335 e. The molecule has 0 saturated heterocycles. The molecule has 7 heteroatoms. The van der Waals surface area contributed by atoms with Gasteiger partial charge >= 0.3 is 5.97 Å². The Morgan fingerprint density at radius 2 is 1.52 bits per heavy atom. The highest BCUT2D eigenvalue weighted by Crippen LogP contribution is 2.28. The summed E-state index contributed by atoms with van der Waals surface area (Å²) in [5.74, 6) is -0.108. The molecule has 0 saturated carbocycles. The lowest BCUT2D eigenvalue weighted by Crippen LogP contribution is -2.20. The first kappa shape index (κ1) is 23.8. The molecule has 0 aliphatic carbocycles. The van der Waals surface area contributed by atoms with Gasteiger partial charge in [0.2, 0.25) is 0 Å². The van der Waals surface area contributed by atoms with Crippen molar-refractivity contribution < 1.29 is 24.2 Å². The summed E-state index contributed by atoms with van der Waals surface area (Å²) in [6.45, 7) is 5.41. The second-order valence-corrected chi connectivity index (χ2v) is 7.52. The first-order valence-electron chi connectivity index (χ1n) is 10.7. The van der Waals surface area contributed by atoms with E-state index in [-0.39, 0.29) is 18.1 Å². The molecule has 33 heavy (non-hydrogen) atoms. The van der Waals surface area contributed by atoms with Crippen LogP contribution in [-0.2, 0) is 17.9 Å². The summed E-state index contributed by atoms with van der Waals surface area (Å²) in [5, 5.41) is 15.1. The summed E-state index contributed by atoms with van der Waals surface area (Å²) < 4.78 is 11.4. The van der Waals surface area contributed by atoms with E-state index in [1.807, 2.05) is 50.2 Å². The van der Waals surface area contributed by atoms with Gasteiger partial charge in [0.25, 0.3) is 5.91 Å². The van der Waals surface area contributed by atoms with E-state index in [4.69, 9.17) is 14.6 Å². The summed E-state index contributed by atoms with van der Waals surface area (Å²) in [5.41, 5.74) is 4.10. The van der Waals surface area contributed by atoms with Crippen molar-refractivity contribution in [1.82, 2.24) is 5.32 Å². The predicted octanol–water partition coefficient (Wildman–Crippen LogP) is 4.40. The first-order valence-corrected chi connectivity index (χ1v) is 10.7. The number of carboxylic acids is 1. The number of aryl methyl sites for hydroxylation is 1. The molecule has 0 bridgehead atoms. The Hall–Kier alpha value is -3.84. The summed E-state index contributed by atoms with van der Waals surface area (Å²) in [6.07, 6.45) is 0. The lowest BCUT2D eigenvalue weighted by atomic mass is 10.1. The van der Waals surface area contributed by atoms with Crippen LogP contribution in [0.15, 0.2) is 66.7 Å². The monoisotopic (exact) mass is 448 g/mol. The number of carbonyl (C=O) groups is 2. The predicted molar refractivity (Wildman–Crippen MR) is 127 cm³/mol. The molecule has 3 rings (SSSR count). The van der Waals surface area contributed by atoms with Gasteiger partial charge in [-0.1, -0.05) is 35.9 Å². The molecule has 0 spiro atoms. The minimum absolute atomic E-state index is 0.127. The third-order valence-electron chi connectivity index (χ3n) is 4.86. The molecular formula is C26H28N2O5. The van der Waals surface area contributed by atoms with Crippen LogP contribution in [-0.4, -0.2) is 30.2 Å². The molecule has 3 aromatic carbocycles. The van der Waals surface area contributed by atoms with E-state index in [0.717, 1.165) is 22.4 Å². The molecular weight excluding hydrogens is 420 g/mol. The topological polar surface area (TPSA) is 96.9 Å². The SMILES string of the molecule is CCOc1cc(CNCc2ccc(C(=O)O)cc2)ccc1OCC(=O)Nc1ccc(C)cc1.